The third-order valence-electron chi connectivity index (χ3n) is 0.865. The van der Waals surface area contributed by atoms with Crippen molar-refractivity contribution in [3.05, 3.63) is 43.3 Å². The first-order valence-corrected chi connectivity index (χ1v) is 2.33. The van der Waals surface area contributed by atoms with Gasteiger partial charge in [-0.1, -0.05) is 6.92 Å². The molecule has 0 aliphatic heterocycles. The fourth-order valence-corrected chi connectivity index (χ4v) is 0.483. The van der Waals surface area contributed by atoms with Crippen molar-refractivity contribution in [2.45, 2.75) is 6.92 Å². The third-order valence-corrected chi connectivity index (χ3v) is 0.865. The SMILES string of the molecule is Cc1[c-]cccc1.[CH3-].[Zn+2]. The summed E-state index contributed by atoms with van der Waals surface area (Å²) in [6.07, 6.45) is 0. The van der Waals surface area contributed by atoms with Crippen molar-refractivity contribution in [3.63, 3.8) is 0 Å². The Morgan fingerprint density at radius 2 is 2.00 bits per heavy atom. The summed E-state index contributed by atoms with van der Waals surface area (Å²) in [5, 5.41) is 0. The van der Waals surface area contributed by atoms with Crippen molar-refractivity contribution >= 4 is 0 Å². The number of aryl methyl sites for hydroxylation is 1. The minimum atomic E-state index is 0. The van der Waals surface area contributed by atoms with Crippen LogP contribution in [0.2, 0.25) is 0 Å². The maximum absolute atomic E-state index is 3.03. The molecule has 0 saturated carbocycles. The van der Waals surface area contributed by atoms with Crippen molar-refractivity contribution in [3.8, 4) is 0 Å². The van der Waals surface area contributed by atoms with E-state index in [2.05, 4.69) is 6.07 Å². The first kappa shape index (κ1) is 11.6. The van der Waals surface area contributed by atoms with E-state index in [-0.39, 0.29) is 26.9 Å². The first-order valence-electron chi connectivity index (χ1n) is 2.33. The Bertz CT molecular complexity index is 134. The largest absolute Gasteiger partial charge is 2.00 e. The zero-order valence-electron chi connectivity index (χ0n) is 6.02. The van der Waals surface area contributed by atoms with Crippen LogP contribution in [0.5, 0.6) is 0 Å². The summed E-state index contributed by atoms with van der Waals surface area (Å²) in [5.74, 6) is 0. The van der Waals surface area contributed by atoms with Gasteiger partial charge in [0.25, 0.3) is 0 Å². The second kappa shape index (κ2) is 5.97. The van der Waals surface area contributed by atoms with Gasteiger partial charge >= 0.3 is 19.5 Å². The van der Waals surface area contributed by atoms with Crippen molar-refractivity contribution < 1.29 is 19.5 Å². The number of hydrogen-bond donors (Lipinski definition) is 0. The van der Waals surface area contributed by atoms with Crippen LogP contribution in [0.4, 0.5) is 0 Å². The van der Waals surface area contributed by atoms with E-state index < -0.39 is 0 Å². The molecule has 0 saturated heterocycles. The molecule has 0 aliphatic rings. The van der Waals surface area contributed by atoms with Gasteiger partial charge in [0.15, 0.2) is 0 Å². The van der Waals surface area contributed by atoms with Crippen LogP contribution in [0.25, 0.3) is 0 Å². The molecule has 0 atom stereocenters. The second-order valence-electron chi connectivity index (χ2n) is 1.55. The fraction of sp³-hybridized carbons (Fsp3) is 0.125. The van der Waals surface area contributed by atoms with E-state index in [0.29, 0.717) is 0 Å². The molecule has 0 aliphatic carbocycles. The third kappa shape index (κ3) is 4.35. The summed E-state index contributed by atoms with van der Waals surface area (Å²) < 4.78 is 0. The van der Waals surface area contributed by atoms with E-state index >= 15 is 0 Å². The molecular weight excluding hydrogens is 161 g/mol. The van der Waals surface area contributed by atoms with Crippen LogP contribution in [-0.2, 0) is 19.5 Å². The second-order valence-corrected chi connectivity index (χ2v) is 1.55. The minimum Gasteiger partial charge on any atom is -0.358 e. The Hall–Kier alpha value is -0.157. The molecule has 44 valence electrons. The zero-order chi connectivity index (χ0) is 5.11. The van der Waals surface area contributed by atoms with Crippen LogP contribution in [0.15, 0.2) is 24.3 Å². The van der Waals surface area contributed by atoms with Crippen LogP contribution in [0.3, 0.4) is 0 Å². The molecule has 0 N–H and O–H groups in total. The average Bonchev–Trinajstić information content (AvgIpc) is 1.69. The summed E-state index contributed by atoms with van der Waals surface area (Å²) >= 11 is 0. The van der Waals surface area contributed by atoms with Gasteiger partial charge in [0.1, 0.15) is 0 Å². The Morgan fingerprint density at radius 1 is 1.33 bits per heavy atom. The van der Waals surface area contributed by atoms with Crippen molar-refractivity contribution in [1.29, 1.82) is 0 Å². The summed E-state index contributed by atoms with van der Waals surface area (Å²) in [7, 11) is 0. The Morgan fingerprint density at radius 3 is 2.22 bits per heavy atom. The van der Waals surface area contributed by atoms with Gasteiger partial charge in [0, 0.05) is 0 Å². The average molecular weight is 172 g/mol. The smallest absolute Gasteiger partial charge is 0.358 e. The molecule has 9 heavy (non-hydrogen) atoms. The summed E-state index contributed by atoms with van der Waals surface area (Å²) in [4.78, 5) is 0. The van der Waals surface area contributed by atoms with E-state index in [1.165, 1.54) is 5.56 Å². The Labute approximate surface area is 70.1 Å². The molecule has 1 aromatic carbocycles. The van der Waals surface area contributed by atoms with Crippen LogP contribution in [0.1, 0.15) is 5.56 Å². The van der Waals surface area contributed by atoms with Gasteiger partial charge in [-0.15, -0.1) is 0 Å². The van der Waals surface area contributed by atoms with Gasteiger partial charge in [-0.3, -0.25) is 0 Å². The van der Waals surface area contributed by atoms with Gasteiger partial charge in [0.2, 0.25) is 0 Å². The molecule has 0 fully saturated rings. The minimum absolute atomic E-state index is 0. The molecule has 0 amide bonds. The van der Waals surface area contributed by atoms with Crippen LogP contribution in [-0.4, -0.2) is 0 Å². The Kier molecular flexibility index (Phi) is 7.71. The van der Waals surface area contributed by atoms with Gasteiger partial charge in [-0.25, -0.2) is 0 Å². The van der Waals surface area contributed by atoms with E-state index in [1.807, 2.05) is 31.2 Å². The van der Waals surface area contributed by atoms with Crippen LogP contribution >= 0.6 is 0 Å². The van der Waals surface area contributed by atoms with E-state index in [1.54, 1.807) is 0 Å². The van der Waals surface area contributed by atoms with E-state index in [0.717, 1.165) is 0 Å². The first-order chi connectivity index (χ1) is 3.39. The van der Waals surface area contributed by atoms with Crippen molar-refractivity contribution in [2.75, 3.05) is 0 Å². The van der Waals surface area contributed by atoms with Crippen LogP contribution in [0, 0.1) is 20.4 Å². The molecule has 1 heteroatoms. The molecule has 0 unspecified atom stereocenters. The molecular formula is C8H10Zn. The quantitative estimate of drug-likeness (QED) is 0.415. The fourth-order valence-electron chi connectivity index (χ4n) is 0.483. The van der Waals surface area contributed by atoms with Crippen molar-refractivity contribution in [2.24, 2.45) is 0 Å². The molecule has 0 radical (unpaired) electrons. The normalized spacial score (nSPS) is 6.78. The molecule has 0 aromatic heterocycles. The molecule has 0 nitrogen and oxygen atoms in total. The van der Waals surface area contributed by atoms with E-state index in [9.17, 15) is 0 Å². The molecule has 0 bridgehead atoms. The molecule has 0 heterocycles. The van der Waals surface area contributed by atoms with Gasteiger partial charge in [-0.05, 0) is 0 Å². The topological polar surface area (TPSA) is 0 Å². The van der Waals surface area contributed by atoms with Gasteiger partial charge in [-0.2, -0.15) is 35.9 Å². The van der Waals surface area contributed by atoms with E-state index in [4.69, 9.17) is 0 Å². The maximum Gasteiger partial charge on any atom is 2.00 e. The molecule has 1 rings (SSSR count). The Balaban J connectivity index is 0. The van der Waals surface area contributed by atoms with Gasteiger partial charge < -0.3 is 7.43 Å². The number of benzene rings is 1. The number of hydrogen-bond acceptors (Lipinski definition) is 0. The number of rotatable bonds is 0. The van der Waals surface area contributed by atoms with Crippen LogP contribution < -0.4 is 0 Å². The maximum atomic E-state index is 3.03. The summed E-state index contributed by atoms with van der Waals surface area (Å²) in [5.41, 5.74) is 1.20. The predicted octanol–water partition coefficient (Wildman–Crippen LogP) is 2.24. The molecule has 0 spiro atoms. The standard InChI is InChI=1S/C7H7.CH3.Zn/c1-7-5-3-2-4-6-7;;/h2-5H,1H3;1H3;/q2*-1;+2. The monoisotopic (exact) mass is 170 g/mol. The van der Waals surface area contributed by atoms with Gasteiger partial charge in [0.05, 0.1) is 0 Å². The molecule has 1 aromatic rings. The summed E-state index contributed by atoms with van der Waals surface area (Å²) in [6, 6.07) is 10.9. The summed E-state index contributed by atoms with van der Waals surface area (Å²) in [6.45, 7) is 2.03. The zero-order valence-corrected chi connectivity index (χ0v) is 8.98. The predicted molar refractivity (Wildman–Crippen MR) is 36.4 cm³/mol. The van der Waals surface area contributed by atoms with Crippen molar-refractivity contribution in [1.82, 2.24) is 0 Å².